The van der Waals surface area contributed by atoms with E-state index in [0.29, 0.717) is 0 Å². The molecular weight excluding hydrogens is 163 g/mol. The van der Waals surface area contributed by atoms with Crippen LogP contribution in [0.2, 0.25) is 0 Å². The summed E-state index contributed by atoms with van der Waals surface area (Å²) >= 11 is 0. The fraction of sp³-hybridized carbons (Fsp3) is 0.400. The lowest BCUT2D eigenvalue weighted by Gasteiger charge is -2.05. The van der Waals surface area contributed by atoms with Crippen molar-refractivity contribution in [2.45, 2.75) is 6.42 Å². The predicted octanol–water partition coefficient (Wildman–Crippen LogP) is 0.360. The molecule has 0 aliphatic heterocycles. The highest BCUT2D eigenvalue weighted by Gasteiger charge is 1.92. The molecule has 0 saturated heterocycles. The topological polar surface area (TPSA) is 18.5 Å². The maximum Gasteiger partial charge on any atom is 0.139 e. The van der Waals surface area contributed by atoms with E-state index in [1.165, 1.54) is 5.46 Å². The molecule has 0 atom stereocenters. The van der Waals surface area contributed by atoms with E-state index in [4.69, 9.17) is 9.47 Å². The predicted molar refractivity (Wildman–Crippen MR) is 56.6 cm³/mol. The molecule has 0 amide bonds. The Balaban J connectivity index is 2.28. The first kappa shape index (κ1) is 10.1. The van der Waals surface area contributed by atoms with Gasteiger partial charge < -0.3 is 9.47 Å². The van der Waals surface area contributed by atoms with E-state index in [0.717, 1.165) is 25.4 Å². The first-order chi connectivity index (χ1) is 6.33. The molecule has 0 spiro atoms. The lowest BCUT2D eigenvalue weighted by molar-refractivity contribution is 0.172. The Morgan fingerprint density at radius 3 is 2.85 bits per heavy atom. The third kappa shape index (κ3) is 3.99. The molecule has 1 aromatic rings. The normalized spacial score (nSPS) is 9.92. The van der Waals surface area contributed by atoms with E-state index in [2.05, 4.69) is 13.9 Å². The first-order valence-corrected chi connectivity index (χ1v) is 4.51. The lowest BCUT2D eigenvalue weighted by Crippen LogP contribution is -2.05. The van der Waals surface area contributed by atoms with E-state index < -0.39 is 0 Å². The van der Waals surface area contributed by atoms with Crippen LogP contribution in [0.5, 0.6) is 5.75 Å². The molecule has 2 nitrogen and oxygen atoms in total. The van der Waals surface area contributed by atoms with Gasteiger partial charge in [0, 0.05) is 20.1 Å². The maximum atomic E-state index is 5.51. The third-order valence-electron chi connectivity index (χ3n) is 1.75. The quantitative estimate of drug-likeness (QED) is 0.478. The molecule has 0 unspecified atom stereocenters. The van der Waals surface area contributed by atoms with Crippen molar-refractivity contribution >= 4 is 13.3 Å². The van der Waals surface area contributed by atoms with E-state index >= 15 is 0 Å². The Bertz CT molecular complexity index is 250. The van der Waals surface area contributed by atoms with Gasteiger partial charge in [-0.3, -0.25) is 0 Å². The van der Waals surface area contributed by atoms with Gasteiger partial charge in [0.25, 0.3) is 0 Å². The molecule has 3 heteroatoms. The molecule has 1 rings (SSSR count). The molecule has 0 heterocycles. The van der Waals surface area contributed by atoms with Crippen molar-refractivity contribution in [3.05, 3.63) is 24.3 Å². The van der Waals surface area contributed by atoms with Gasteiger partial charge in [0.05, 0.1) is 6.61 Å². The number of hydrogen-bond acceptors (Lipinski definition) is 2. The summed E-state index contributed by atoms with van der Waals surface area (Å²) in [6, 6.07) is 8.07. The second-order valence-electron chi connectivity index (χ2n) is 3.01. The summed E-state index contributed by atoms with van der Waals surface area (Å²) in [6.45, 7) is 1.48. The number of benzene rings is 1. The summed E-state index contributed by atoms with van der Waals surface area (Å²) in [5.74, 6) is 0.941. The first-order valence-electron chi connectivity index (χ1n) is 4.51. The summed E-state index contributed by atoms with van der Waals surface area (Å²) in [6.07, 6.45) is 0.935. The average Bonchev–Trinajstić information content (AvgIpc) is 2.13. The molecule has 70 valence electrons. The van der Waals surface area contributed by atoms with Gasteiger partial charge in [-0.05, 0) is 12.1 Å². The fourth-order valence-corrected chi connectivity index (χ4v) is 1.10. The highest BCUT2D eigenvalue weighted by atomic mass is 16.5. The van der Waals surface area contributed by atoms with Crippen molar-refractivity contribution in [1.29, 1.82) is 0 Å². The largest absolute Gasteiger partial charge is 0.494 e. The number of methoxy groups -OCH3 is 1. The molecule has 1 aromatic carbocycles. The number of hydrogen-bond donors (Lipinski definition) is 0. The number of ether oxygens (including phenoxy) is 2. The molecule has 0 bridgehead atoms. The van der Waals surface area contributed by atoms with Crippen molar-refractivity contribution in [1.82, 2.24) is 0 Å². The Labute approximate surface area is 80.3 Å². The van der Waals surface area contributed by atoms with Crippen LogP contribution in [0.4, 0.5) is 0 Å². The minimum absolute atomic E-state index is 0.720. The van der Waals surface area contributed by atoms with E-state index in [9.17, 15) is 0 Å². The van der Waals surface area contributed by atoms with Gasteiger partial charge in [-0.15, -0.1) is 0 Å². The Hall–Kier alpha value is -0.955. The zero-order valence-corrected chi connectivity index (χ0v) is 8.25. The molecule has 0 aliphatic rings. The van der Waals surface area contributed by atoms with Gasteiger partial charge in [0.2, 0.25) is 0 Å². The van der Waals surface area contributed by atoms with Gasteiger partial charge in [-0.1, -0.05) is 17.6 Å². The molecular formula is C10H15BO2. The molecule has 0 fully saturated rings. The zero-order chi connectivity index (χ0) is 9.52. The lowest BCUT2D eigenvalue weighted by atomic mass is 9.96. The van der Waals surface area contributed by atoms with Crippen molar-refractivity contribution in [2.75, 3.05) is 20.3 Å². The van der Waals surface area contributed by atoms with Crippen molar-refractivity contribution in [2.24, 2.45) is 0 Å². The molecule has 0 radical (unpaired) electrons. The van der Waals surface area contributed by atoms with Crippen molar-refractivity contribution < 1.29 is 9.47 Å². The summed E-state index contributed by atoms with van der Waals surface area (Å²) in [5.41, 5.74) is 1.23. The monoisotopic (exact) mass is 178 g/mol. The Kier molecular flexibility index (Phi) is 4.40. The smallest absolute Gasteiger partial charge is 0.139 e. The molecule has 0 saturated carbocycles. The summed E-state index contributed by atoms with van der Waals surface area (Å²) in [4.78, 5) is 0. The van der Waals surface area contributed by atoms with Gasteiger partial charge in [0.15, 0.2) is 0 Å². The van der Waals surface area contributed by atoms with Crippen LogP contribution in [-0.4, -0.2) is 28.2 Å². The van der Waals surface area contributed by atoms with Crippen LogP contribution in [0.3, 0.4) is 0 Å². The van der Waals surface area contributed by atoms with Gasteiger partial charge >= 0.3 is 0 Å². The Morgan fingerprint density at radius 2 is 2.15 bits per heavy atom. The second kappa shape index (κ2) is 5.65. The average molecular weight is 178 g/mol. The fourth-order valence-electron chi connectivity index (χ4n) is 1.10. The highest BCUT2D eigenvalue weighted by molar-refractivity contribution is 6.32. The van der Waals surface area contributed by atoms with Gasteiger partial charge in [-0.25, -0.2) is 0 Å². The highest BCUT2D eigenvalue weighted by Crippen LogP contribution is 2.06. The summed E-state index contributed by atoms with van der Waals surface area (Å²) in [5, 5.41) is 0. The van der Waals surface area contributed by atoms with Gasteiger partial charge in [-0.2, -0.15) is 0 Å². The number of rotatable bonds is 5. The van der Waals surface area contributed by atoms with Crippen LogP contribution >= 0.6 is 0 Å². The molecule has 0 aliphatic carbocycles. The summed E-state index contributed by atoms with van der Waals surface area (Å²) < 4.78 is 10.4. The molecule has 13 heavy (non-hydrogen) atoms. The van der Waals surface area contributed by atoms with Crippen LogP contribution < -0.4 is 10.2 Å². The zero-order valence-electron chi connectivity index (χ0n) is 8.25. The third-order valence-corrected chi connectivity index (χ3v) is 1.75. The van der Waals surface area contributed by atoms with Crippen LogP contribution in [0.25, 0.3) is 0 Å². The van der Waals surface area contributed by atoms with Crippen LogP contribution in [0.15, 0.2) is 24.3 Å². The SMILES string of the molecule is Bc1cccc(OCCCOC)c1. The minimum Gasteiger partial charge on any atom is -0.494 e. The van der Waals surface area contributed by atoms with E-state index in [1.54, 1.807) is 7.11 Å². The maximum absolute atomic E-state index is 5.51. The molecule has 0 N–H and O–H groups in total. The second-order valence-corrected chi connectivity index (χ2v) is 3.01. The standard InChI is InChI=1S/C10H15BO2/c1-12-6-3-7-13-10-5-2-4-9(11)8-10/h2,4-5,8H,3,6-7,11H2,1H3. The van der Waals surface area contributed by atoms with Crippen molar-refractivity contribution in [3.63, 3.8) is 0 Å². The van der Waals surface area contributed by atoms with E-state index in [1.807, 2.05) is 18.2 Å². The van der Waals surface area contributed by atoms with Crippen LogP contribution in [-0.2, 0) is 4.74 Å². The van der Waals surface area contributed by atoms with Crippen LogP contribution in [0, 0.1) is 0 Å². The van der Waals surface area contributed by atoms with Crippen LogP contribution in [0.1, 0.15) is 6.42 Å². The van der Waals surface area contributed by atoms with E-state index in [-0.39, 0.29) is 0 Å². The van der Waals surface area contributed by atoms with Crippen molar-refractivity contribution in [3.8, 4) is 5.75 Å². The molecule has 0 aromatic heterocycles. The minimum atomic E-state index is 0.720. The van der Waals surface area contributed by atoms with Gasteiger partial charge in [0.1, 0.15) is 13.6 Å². The summed E-state index contributed by atoms with van der Waals surface area (Å²) in [7, 11) is 3.76. The Morgan fingerprint density at radius 1 is 1.31 bits per heavy atom.